The van der Waals surface area contributed by atoms with Gasteiger partial charge >= 0.3 is 0 Å². The van der Waals surface area contributed by atoms with Crippen LogP contribution in [-0.2, 0) is 4.79 Å². The molecule has 1 fully saturated rings. The van der Waals surface area contributed by atoms with Crippen LogP contribution in [0.5, 0.6) is 0 Å². The van der Waals surface area contributed by atoms with Crippen molar-refractivity contribution >= 4 is 11.6 Å². The van der Waals surface area contributed by atoms with Crippen molar-refractivity contribution in [3.05, 3.63) is 70.3 Å². The van der Waals surface area contributed by atoms with Crippen LogP contribution in [0.4, 0.5) is 0 Å². The molecule has 0 saturated carbocycles. The molecular weight excluding hydrogens is 372 g/mol. The van der Waals surface area contributed by atoms with E-state index in [2.05, 4.69) is 80.1 Å². The molecule has 0 N–H and O–H groups in total. The maximum Gasteiger partial charge on any atom is 0.257 e. The van der Waals surface area contributed by atoms with Crippen LogP contribution in [-0.4, -0.2) is 66.2 Å². The van der Waals surface area contributed by atoms with Crippen molar-refractivity contribution in [3.8, 4) is 0 Å². The highest BCUT2D eigenvalue weighted by atomic mass is 16.2. The minimum Gasteiger partial charge on any atom is -0.304 e. The summed E-state index contributed by atoms with van der Waals surface area (Å²) in [4.78, 5) is 17.9. The smallest absolute Gasteiger partial charge is 0.257 e. The summed E-state index contributed by atoms with van der Waals surface area (Å²) in [6, 6.07) is 14.9. The zero-order valence-corrected chi connectivity index (χ0v) is 18.6. The average Bonchev–Trinajstić information content (AvgIpc) is 3.17. The van der Waals surface area contributed by atoms with E-state index in [4.69, 9.17) is 5.10 Å². The number of likely N-dealkylation sites (N-methyl/N-ethyl adjacent to an activating group) is 1. The molecule has 30 heavy (non-hydrogen) atoms. The van der Waals surface area contributed by atoms with Gasteiger partial charge in [0, 0.05) is 32.6 Å². The fourth-order valence-corrected chi connectivity index (χ4v) is 4.37. The van der Waals surface area contributed by atoms with E-state index in [0.717, 1.165) is 43.9 Å². The number of piperazine rings is 1. The second-order valence-electron chi connectivity index (χ2n) is 8.81. The molecule has 1 saturated heterocycles. The van der Waals surface area contributed by atoms with Gasteiger partial charge in [-0.1, -0.05) is 53.6 Å². The molecule has 0 spiro atoms. The van der Waals surface area contributed by atoms with Crippen LogP contribution in [0, 0.1) is 20.8 Å². The molecule has 1 amide bonds. The van der Waals surface area contributed by atoms with Gasteiger partial charge in [-0.3, -0.25) is 9.69 Å². The van der Waals surface area contributed by atoms with Crippen LogP contribution in [0.3, 0.4) is 0 Å². The van der Waals surface area contributed by atoms with Crippen molar-refractivity contribution in [3.63, 3.8) is 0 Å². The van der Waals surface area contributed by atoms with E-state index in [-0.39, 0.29) is 11.9 Å². The molecule has 1 atom stereocenters. The standard InChI is InChI=1S/C25H32N4O/c1-18-6-5-7-21(14-18)23-16-24(22-15-19(2)8-9-20(22)3)29(26-23)25(30)17-28-12-10-27(4)11-13-28/h5-9,14-15,24H,10-13,16-17H2,1-4H3/t24-/m1/s1. The number of aryl methyl sites for hydroxylation is 3. The number of rotatable bonds is 4. The number of carbonyl (C=O) groups excluding carboxylic acids is 1. The van der Waals surface area contributed by atoms with E-state index in [0.29, 0.717) is 6.54 Å². The number of hydrogen-bond donors (Lipinski definition) is 0. The number of amides is 1. The third kappa shape index (κ3) is 4.47. The predicted octanol–water partition coefficient (Wildman–Crippen LogP) is 3.54. The van der Waals surface area contributed by atoms with Gasteiger partial charge in [-0.05, 0) is 44.5 Å². The molecular formula is C25H32N4O. The Labute approximate surface area is 180 Å². The summed E-state index contributed by atoms with van der Waals surface area (Å²) in [6.45, 7) is 10.6. The molecule has 2 heterocycles. The van der Waals surface area contributed by atoms with Crippen LogP contribution in [0.15, 0.2) is 47.6 Å². The predicted molar refractivity (Wildman–Crippen MR) is 122 cm³/mol. The quantitative estimate of drug-likeness (QED) is 0.783. The summed E-state index contributed by atoms with van der Waals surface area (Å²) in [5, 5.41) is 6.63. The zero-order valence-electron chi connectivity index (χ0n) is 18.6. The van der Waals surface area contributed by atoms with Crippen LogP contribution in [0.1, 0.15) is 40.3 Å². The molecule has 0 radical (unpaired) electrons. The number of nitrogens with zero attached hydrogens (tertiary/aromatic N) is 4. The third-order valence-corrected chi connectivity index (χ3v) is 6.27. The van der Waals surface area contributed by atoms with Crippen LogP contribution >= 0.6 is 0 Å². The minimum absolute atomic E-state index is 0.0413. The van der Waals surface area contributed by atoms with Gasteiger partial charge < -0.3 is 4.90 Å². The normalized spacial score (nSPS) is 20.5. The SMILES string of the molecule is Cc1cccc(C2=NN(C(=O)CN3CCN(C)CC3)[C@@H](c3cc(C)ccc3C)C2)c1. The number of carbonyl (C=O) groups is 1. The second-order valence-corrected chi connectivity index (χ2v) is 8.81. The lowest BCUT2D eigenvalue weighted by Crippen LogP contribution is -2.48. The molecule has 5 heteroatoms. The Kier molecular flexibility index (Phi) is 6.02. The first-order chi connectivity index (χ1) is 14.4. The van der Waals surface area contributed by atoms with Gasteiger partial charge in [0.25, 0.3) is 5.91 Å². The summed E-state index contributed by atoms with van der Waals surface area (Å²) >= 11 is 0. The second kappa shape index (κ2) is 8.70. The van der Waals surface area contributed by atoms with Gasteiger partial charge in [0.1, 0.15) is 0 Å². The van der Waals surface area contributed by atoms with E-state index < -0.39 is 0 Å². The van der Waals surface area contributed by atoms with Crippen molar-refractivity contribution < 1.29 is 4.79 Å². The van der Waals surface area contributed by atoms with E-state index in [1.54, 1.807) is 5.01 Å². The Morgan fingerprint density at radius 1 is 1.00 bits per heavy atom. The van der Waals surface area contributed by atoms with E-state index in [1.807, 2.05) is 0 Å². The Morgan fingerprint density at radius 3 is 2.47 bits per heavy atom. The lowest BCUT2D eigenvalue weighted by atomic mass is 9.93. The molecule has 0 aliphatic carbocycles. The molecule has 0 unspecified atom stereocenters. The molecule has 5 nitrogen and oxygen atoms in total. The highest BCUT2D eigenvalue weighted by Crippen LogP contribution is 2.35. The first-order valence-corrected chi connectivity index (χ1v) is 10.9. The van der Waals surface area contributed by atoms with Gasteiger partial charge in [-0.2, -0.15) is 5.10 Å². The Hall–Kier alpha value is -2.50. The number of benzene rings is 2. The summed E-state index contributed by atoms with van der Waals surface area (Å²) in [7, 11) is 2.13. The zero-order chi connectivity index (χ0) is 21.3. The van der Waals surface area contributed by atoms with Gasteiger partial charge in [-0.25, -0.2) is 5.01 Å². The average molecular weight is 405 g/mol. The van der Waals surface area contributed by atoms with Crippen LogP contribution in [0.2, 0.25) is 0 Å². The number of hydrazone groups is 1. The highest BCUT2D eigenvalue weighted by molar-refractivity contribution is 6.03. The maximum absolute atomic E-state index is 13.4. The van der Waals surface area contributed by atoms with Crippen molar-refractivity contribution in [1.29, 1.82) is 0 Å². The van der Waals surface area contributed by atoms with E-state index in [1.165, 1.54) is 22.3 Å². The molecule has 2 aromatic rings. The largest absolute Gasteiger partial charge is 0.304 e. The van der Waals surface area contributed by atoms with Gasteiger partial charge in [0.2, 0.25) is 0 Å². The highest BCUT2D eigenvalue weighted by Gasteiger charge is 2.34. The van der Waals surface area contributed by atoms with Crippen molar-refractivity contribution in [1.82, 2.24) is 14.8 Å². The fraction of sp³-hybridized carbons (Fsp3) is 0.440. The van der Waals surface area contributed by atoms with Crippen molar-refractivity contribution in [2.24, 2.45) is 5.10 Å². The summed E-state index contributed by atoms with van der Waals surface area (Å²) in [5.41, 5.74) is 6.94. The third-order valence-electron chi connectivity index (χ3n) is 6.27. The Bertz CT molecular complexity index is 959. The van der Waals surface area contributed by atoms with Crippen molar-refractivity contribution in [2.75, 3.05) is 39.8 Å². The van der Waals surface area contributed by atoms with Crippen LogP contribution < -0.4 is 0 Å². The minimum atomic E-state index is -0.0413. The molecule has 0 aromatic heterocycles. The fourth-order valence-electron chi connectivity index (χ4n) is 4.37. The first kappa shape index (κ1) is 20.8. The molecule has 2 aliphatic rings. The molecule has 158 valence electrons. The summed E-state index contributed by atoms with van der Waals surface area (Å²) < 4.78 is 0. The molecule has 4 rings (SSSR count). The van der Waals surface area contributed by atoms with Crippen LogP contribution in [0.25, 0.3) is 0 Å². The topological polar surface area (TPSA) is 39.2 Å². The maximum atomic E-state index is 13.4. The summed E-state index contributed by atoms with van der Waals surface area (Å²) in [6.07, 6.45) is 0.752. The first-order valence-electron chi connectivity index (χ1n) is 10.9. The van der Waals surface area contributed by atoms with E-state index >= 15 is 0 Å². The Balaban J connectivity index is 1.63. The number of hydrogen-bond acceptors (Lipinski definition) is 4. The van der Waals surface area contributed by atoms with Gasteiger partial charge in [0.05, 0.1) is 18.3 Å². The molecule has 0 bridgehead atoms. The van der Waals surface area contributed by atoms with Gasteiger partial charge in [-0.15, -0.1) is 0 Å². The molecule has 2 aromatic carbocycles. The van der Waals surface area contributed by atoms with Crippen molar-refractivity contribution in [2.45, 2.75) is 33.2 Å². The van der Waals surface area contributed by atoms with Gasteiger partial charge in [0.15, 0.2) is 0 Å². The summed E-state index contributed by atoms with van der Waals surface area (Å²) in [5.74, 6) is 0.0908. The Morgan fingerprint density at radius 2 is 1.73 bits per heavy atom. The lowest BCUT2D eigenvalue weighted by molar-refractivity contribution is -0.134. The monoisotopic (exact) mass is 404 g/mol. The van der Waals surface area contributed by atoms with E-state index in [9.17, 15) is 4.79 Å². The lowest BCUT2D eigenvalue weighted by Gasteiger charge is -2.33. The molecule has 2 aliphatic heterocycles.